The van der Waals surface area contributed by atoms with Gasteiger partial charge < -0.3 is 9.64 Å². The zero-order chi connectivity index (χ0) is 23.9. The quantitative estimate of drug-likeness (QED) is 0.519. The molecule has 0 radical (unpaired) electrons. The van der Waals surface area contributed by atoms with Crippen LogP contribution in [0, 0.1) is 17.2 Å². The number of hydrogen-bond acceptors (Lipinski definition) is 5. The van der Waals surface area contributed by atoms with Crippen molar-refractivity contribution in [2.24, 2.45) is 5.92 Å². The van der Waals surface area contributed by atoms with Gasteiger partial charge in [0, 0.05) is 37.2 Å². The molecule has 1 aliphatic rings. The summed E-state index contributed by atoms with van der Waals surface area (Å²) in [5.41, 5.74) is 3.53. The number of rotatable bonds is 7. The Hall–Kier alpha value is -3.98. The third-order valence-corrected chi connectivity index (χ3v) is 6.16. The number of aromatic nitrogens is 1. The van der Waals surface area contributed by atoms with Crippen molar-refractivity contribution < 1.29 is 14.3 Å². The fourth-order valence-electron chi connectivity index (χ4n) is 4.35. The van der Waals surface area contributed by atoms with E-state index in [0.717, 1.165) is 16.8 Å². The van der Waals surface area contributed by atoms with E-state index in [2.05, 4.69) is 11.1 Å². The molecule has 6 nitrogen and oxygen atoms in total. The number of hydrogen-bond donors (Lipinski definition) is 0. The van der Waals surface area contributed by atoms with E-state index in [1.165, 1.54) is 0 Å². The van der Waals surface area contributed by atoms with Crippen molar-refractivity contribution in [1.82, 2.24) is 9.88 Å². The highest BCUT2D eigenvalue weighted by atomic mass is 16.5. The van der Waals surface area contributed by atoms with Crippen molar-refractivity contribution in [2.75, 3.05) is 19.7 Å². The smallest absolute Gasteiger partial charge is 0.255 e. The van der Waals surface area contributed by atoms with E-state index in [9.17, 15) is 14.9 Å². The average Bonchev–Trinajstić information content (AvgIpc) is 2.89. The third kappa shape index (κ3) is 5.32. The van der Waals surface area contributed by atoms with Gasteiger partial charge in [0.15, 0.2) is 0 Å². The van der Waals surface area contributed by atoms with Crippen molar-refractivity contribution >= 4 is 11.7 Å². The second-order valence-electron chi connectivity index (χ2n) is 8.38. The molecule has 0 aliphatic carbocycles. The maximum Gasteiger partial charge on any atom is 0.255 e. The Kier molecular flexibility index (Phi) is 7.34. The summed E-state index contributed by atoms with van der Waals surface area (Å²) >= 11 is 0. The second-order valence-corrected chi connectivity index (χ2v) is 8.38. The number of carbonyl (C=O) groups is 2. The highest BCUT2D eigenvalue weighted by molar-refractivity contribution is 5.97. The number of nitrogens with zero attached hydrogens (tertiary/aromatic N) is 3. The van der Waals surface area contributed by atoms with Crippen molar-refractivity contribution in [3.05, 3.63) is 83.6 Å². The van der Waals surface area contributed by atoms with Crippen LogP contribution in [0.5, 0.6) is 5.75 Å². The van der Waals surface area contributed by atoms with Crippen molar-refractivity contribution in [3.63, 3.8) is 0 Å². The normalized spacial score (nSPS) is 13.8. The van der Waals surface area contributed by atoms with Gasteiger partial charge in [-0.3, -0.25) is 14.6 Å². The zero-order valence-electron chi connectivity index (χ0n) is 19.2. The molecule has 1 saturated heterocycles. The van der Waals surface area contributed by atoms with Crippen LogP contribution in [-0.2, 0) is 11.2 Å². The molecule has 1 aromatic heterocycles. The van der Waals surface area contributed by atoms with E-state index in [4.69, 9.17) is 4.74 Å². The van der Waals surface area contributed by atoms with E-state index >= 15 is 0 Å². The summed E-state index contributed by atoms with van der Waals surface area (Å²) in [5.74, 6) is 0.504. The highest BCUT2D eigenvalue weighted by Crippen LogP contribution is 2.25. The van der Waals surface area contributed by atoms with Gasteiger partial charge in [0.25, 0.3) is 5.91 Å². The number of ketones is 1. The summed E-state index contributed by atoms with van der Waals surface area (Å²) in [7, 11) is 0. The van der Waals surface area contributed by atoms with Gasteiger partial charge in [0.1, 0.15) is 11.5 Å². The molecule has 0 spiro atoms. The Morgan fingerprint density at radius 1 is 1.09 bits per heavy atom. The maximum atomic E-state index is 13.1. The molecule has 34 heavy (non-hydrogen) atoms. The van der Waals surface area contributed by atoms with E-state index in [-0.39, 0.29) is 17.6 Å². The fraction of sp³-hybridized carbons (Fsp3) is 0.286. The summed E-state index contributed by atoms with van der Waals surface area (Å²) < 4.78 is 5.50. The van der Waals surface area contributed by atoms with Crippen LogP contribution in [0.25, 0.3) is 11.3 Å². The standard InChI is InChI=1S/C28H27N3O3/c1-2-34-24-10-9-23(19-29)25(18-24)28(33)31-14-11-21(12-15-31)27(32)17-20-6-5-7-22(16-20)26-8-3-4-13-30-26/h3-10,13,16,18,21H,2,11-12,14-15,17H2,1H3. The second kappa shape index (κ2) is 10.8. The number of likely N-dealkylation sites (tertiary alicyclic amines) is 1. The lowest BCUT2D eigenvalue weighted by Crippen LogP contribution is -2.40. The Bertz CT molecular complexity index is 1210. The highest BCUT2D eigenvalue weighted by Gasteiger charge is 2.29. The molecule has 1 fully saturated rings. The van der Waals surface area contributed by atoms with Crippen LogP contribution in [0.4, 0.5) is 0 Å². The average molecular weight is 454 g/mol. The first-order valence-electron chi connectivity index (χ1n) is 11.6. The number of piperidine rings is 1. The predicted molar refractivity (Wildman–Crippen MR) is 129 cm³/mol. The van der Waals surface area contributed by atoms with Gasteiger partial charge in [-0.2, -0.15) is 5.26 Å². The van der Waals surface area contributed by atoms with Crippen LogP contribution < -0.4 is 4.74 Å². The predicted octanol–water partition coefficient (Wildman–Crippen LogP) is 4.68. The monoisotopic (exact) mass is 453 g/mol. The van der Waals surface area contributed by atoms with E-state index < -0.39 is 0 Å². The SMILES string of the molecule is CCOc1ccc(C#N)c(C(=O)N2CCC(C(=O)Cc3cccc(-c4ccccn4)c3)CC2)c1. The van der Waals surface area contributed by atoms with Gasteiger partial charge >= 0.3 is 0 Å². The molecule has 0 N–H and O–H groups in total. The molecule has 4 rings (SSSR count). The number of amides is 1. The Labute approximate surface area is 199 Å². The number of pyridine rings is 1. The summed E-state index contributed by atoms with van der Waals surface area (Å²) in [6.07, 6.45) is 3.37. The van der Waals surface area contributed by atoms with Crippen LogP contribution in [0.2, 0.25) is 0 Å². The first-order valence-corrected chi connectivity index (χ1v) is 11.6. The van der Waals surface area contributed by atoms with Gasteiger partial charge in [-0.15, -0.1) is 0 Å². The molecular formula is C28H27N3O3. The lowest BCUT2D eigenvalue weighted by molar-refractivity contribution is -0.123. The fourth-order valence-corrected chi connectivity index (χ4v) is 4.35. The minimum atomic E-state index is -0.188. The number of benzene rings is 2. The topological polar surface area (TPSA) is 83.3 Å². The van der Waals surface area contributed by atoms with Crippen LogP contribution in [0.1, 0.15) is 41.3 Å². The largest absolute Gasteiger partial charge is 0.494 e. The van der Waals surface area contributed by atoms with Gasteiger partial charge in [-0.25, -0.2) is 0 Å². The Balaban J connectivity index is 1.38. The molecule has 1 aliphatic heterocycles. The Morgan fingerprint density at radius 3 is 2.62 bits per heavy atom. The van der Waals surface area contributed by atoms with Gasteiger partial charge in [0.05, 0.1) is 29.5 Å². The number of carbonyl (C=O) groups excluding carboxylic acids is 2. The number of Topliss-reactive ketones (excluding diaryl/α,β-unsaturated/α-hetero) is 1. The number of ether oxygens (including phenoxy) is 1. The molecular weight excluding hydrogens is 426 g/mol. The van der Waals surface area contributed by atoms with E-state index in [0.29, 0.717) is 55.8 Å². The number of nitriles is 1. The summed E-state index contributed by atoms with van der Waals surface area (Å²) in [6.45, 7) is 3.34. The maximum absolute atomic E-state index is 13.1. The molecule has 2 heterocycles. The minimum Gasteiger partial charge on any atom is -0.494 e. The minimum absolute atomic E-state index is 0.0762. The molecule has 1 amide bonds. The molecule has 6 heteroatoms. The van der Waals surface area contributed by atoms with Crippen LogP contribution in [0.3, 0.4) is 0 Å². The third-order valence-electron chi connectivity index (χ3n) is 6.16. The summed E-state index contributed by atoms with van der Waals surface area (Å²) in [6, 6.07) is 20.8. The lowest BCUT2D eigenvalue weighted by Gasteiger charge is -2.31. The first-order chi connectivity index (χ1) is 16.6. The van der Waals surface area contributed by atoms with Crippen molar-refractivity contribution in [1.29, 1.82) is 5.26 Å². The van der Waals surface area contributed by atoms with Gasteiger partial charge in [0.2, 0.25) is 0 Å². The van der Waals surface area contributed by atoms with E-state index in [1.54, 1.807) is 29.3 Å². The first kappa shape index (κ1) is 23.2. The molecule has 172 valence electrons. The summed E-state index contributed by atoms with van der Waals surface area (Å²) in [5, 5.41) is 9.42. The zero-order valence-corrected chi connectivity index (χ0v) is 19.2. The molecule has 0 bridgehead atoms. The molecule has 0 atom stereocenters. The lowest BCUT2D eigenvalue weighted by atomic mass is 9.88. The molecule has 3 aromatic rings. The van der Waals surface area contributed by atoms with Crippen LogP contribution >= 0.6 is 0 Å². The molecule has 0 unspecified atom stereocenters. The molecule has 2 aromatic carbocycles. The van der Waals surface area contributed by atoms with Crippen molar-refractivity contribution in [2.45, 2.75) is 26.2 Å². The van der Waals surface area contributed by atoms with Gasteiger partial charge in [-0.05, 0) is 61.7 Å². The van der Waals surface area contributed by atoms with Crippen LogP contribution in [0.15, 0.2) is 66.9 Å². The van der Waals surface area contributed by atoms with Crippen LogP contribution in [-0.4, -0.2) is 41.3 Å². The summed E-state index contributed by atoms with van der Waals surface area (Å²) in [4.78, 5) is 32.2. The van der Waals surface area contributed by atoms with Gasteiger partial charge in [-0.1, -0.05) is 24.3 Å². The molecule has 0 saturated carbocycles. The van der Waals surface area contributed by atoms with E-state index in [1.807, 2.05) is 49.4 Å². The Morgan fingerprint density at radius 2 is 1.91 bits per heavy atom. The van der Waals surface area contributed by atoms with Crippen molar-refractivity contribution in [3.8, 4) is 23.1 Å².